The monoisotopic (exact) mass is 269 g/mol. The molecule has 0 aliphatic rings. The molecule has 0 heterocycles. The first-order chi connectivity index (χ1) is 9.92. The first-order valence-electron chi connectivity index (χ1n) is 7.21. The molecule has 0 saturated heterocycles. The van der Waals surface area contributed by atoms with Gasteiger partial charge >= 0.3 is 0 Å². The molecule has 0 bridgehead atoms. The van der Waals surface area contributed by atoms with Crippen LogP contribution in [0.15, 0.2) is 60.7 Å². The molecule has 2 aromatic rings. The van der Waals surface area contributed by atoms with E-state index in [0.717, 1.165) is 26.1 Å². The summed E-state index contributed by atoms with van der Waals surface area (Å²) in [6.45, 7) is 2.76. The molecule has 0 aliphatic heterocycles. The molecule has 0 fully saturated rings. The van der Waals surface area contributed by atoms with Crippen molar-refractivity contribution < 1.29 is 4.74 Å². The largest absolute Gasteiger partial charge is 0.385 e. The third kappa shape index (κ3) is 4.48. The van der Waals surface area contributed by atoms with Gasteiger partial charge in [-0.15, -0.1) is 0 Å². The molecule has 0 aromatic heterocycles. The van der Waals surface area contributed by atoms with Gasteiger partial charge in [0.1, 0.15) is 0 Å². The lowest BCUT2D eigenvalue weighted by Crippen LogP contribution is -2.24. The van der Waals surface area contributed by atoms with E-state index in [1.54, 1.807) is 7.11 Å². The smallest absolute Gasteiger partial charge is 0.0474 e. The zero-order valence-corrected chi connectivity index (χ0v) is 12.1. The minimum atomic E-state index is 0.403. The normalized spacial score (nSPS) is 10.9. The highest BCUT2D eigenvalue weighted by atomic mass is 16.5. The summed E-state index contributed by atoms with van der Waals surface area (Å²) in [7, 11) is 1.75. The molecule has 0 unspecified atom stereocenters. The number of ether oxygens (including phenoxy) is 1. The van der Waals surface area contributed by atoms with Gasteiger partial charge in [0.25, 0.3) is 0 Å². The molecule has 2 rings (SSSR count). The Labute approximate surface area is 121 Å². The molecule has 0 radical (unpaired) electrons. The maximum Gasteiger partial charge on any atom is 0.0474 e. The van der Waals surface area contributed by atoms with Gasteiger partial charge in [0.05, 0.1) is 0 Å². The number of benzene rings is 2. The van der Waals surface area contributed by atoms with Crippen LogP contribution in [0.5, 0.6) is 0 Å². The summed E-state index contributed by atoms with van der Waals surface area (Å²) in [6, 6.07) is 21.4. The van der Waals surface area contributed by atoms with E-state index in [2.05, 4.69) is 66.0 Å². The SMILES string of the molecule is COCCCNCC(c1ccccc1)c1ccccc1. The van der Waals surface area contributed by atoms with Crippen LogP contribution in [-0.2, 0) is 4.74 Å². The van der Waals surface area contributed by atoms with Crippen LogP contribution in [-0.4, -0.2) is 26.8 Å². The highest BCUT2D eigenvalue weighted by Crippen LogP contribution is 2.23. The Kier molecular flexibility index (Phi) is 6.28. The van der Waals surface area contributed by atoms with Gasteiger partial charge in [0, 0.05) is 26.2 Å². The van der Waals surface area contributed by atoms with Crippen molar-refractivity contribution in [3.05, 3.63) is 71.8 Å². The Morgan fingerprint density at radius 1 is 0.900 bits per heavy atom. The minimum absolute atomic E-state index is 0.403. The average molecular weight is 269 g/mol. The van der Waals surface area contributed by atoms with Gasteiger partial charge in [-0.1, -0.05) is 60.7 Å². The lowest BCUT2D eigenvalue weighted by atomic mass is 9.91. The standard InChI is InChI=1S/C18H23NO/c1-20-14-8-13-19-15-18(16-9-4-2-5-10-16)17-11-6-3-7-12-17/h2-7,9-12,18-19H,8,13-15H2,1H3. The Hall–Kier alpha value is -1.64. The summed E-state index contributed by atoms with van der Waals surface area (Å²) >= 11 is 0. The van der Waals surface area contributed by atoms with E-state index >= 15 is 0 Å². The van der Waals surface area contributed by atoms with E-state index in [9.17, 15) is 0 Å². The van der Waals surface area contributed by atoms with Crippen LogP contribution in [0.25, 0.3) is 0 Å². The maximum absolute atomic E-state index is 5.08. The van der Waals surface area contributed by atoms with Crippen molar-refractivity contribution in [2.75, 3.05) is 26.8 Å². The van der Waals surface area contributed by atoms with Crippen LogP contribution in [0, 0.1) is 0 Å². The summed E-state index contributed by atoms with van der Waals surface area (Å²) < 4.78 is 5.08. The topological polar surface area (TPSA) is 21.3 Å². The molecule has 2 aromatic carbocycles. The van der Waals surface area contributed by atoms with Gasteiger partial charge in [-0.25, -0.2) is 0 Å². The minimum Gasteiger partial charge on any atom is -0.385 e. The average Bonchev–Trinajstić information content (AvgIpc) is 2.53. The quantitative estimate of drug-likeness (QED) is 0.741. The Morgan fingerprint density at radius 2 is 1.45 bits per heavy atom. The second kappa shape index (κ2) is 8.51. The molecular formula is C18H23NO. The highest BCUT2D eigenvalue weighted by molar-refractivity contribution is 5.32. The predicted octanol–water partition coefficient (Wildman–Crippen LogP) is 3.44. The van der Waals surface area contributed by atoms with E-state index in [1.807, 2.05) is 0 Å². The predicted molar refractivity (Wildman–Crippen MR) is 84.1 cm³/mol. The summed E-state index contributed by atoms with van der Waals surface area (Å²) in [5, 5.41) is 3.54. The summed E-state index contributed by atoms with van der Waals surface area (Å²) in [5.41, 5.74) is 2.72. The van der Waals surface area contributed by atoms with Gasteiger partial charge in [-0.3, -0.25) is 0 Å². The van der Waals surface area contributed by atoms with Gasteiger partial charge in [-0.05, 0) is 24.1 Å². The van der Waals surface area contributed by atoms with E-state index in [-0.39, 0.29) is 0 Å². The number of rotatable bonds is 8. The van der Waals surface area contributed by atoms with Crippen molar-refractivity contribution in [1.29, 1.82) is 0 Å². The third-order valence-corrected chi connectivity index (χ3v) is 3.45. The first kappa shape index (κ1) is 14.8. The fourth-order valence-corrected chi connectivity index (χ4v) is 2.39. The number of hydrogen-bond donors (Lipinski definition) is 1. The third-order valence-electron chi connectivity index (χ3n) is 3.45. The fourth-order valence-electron chi connectivity index (χ4n) is 2.39. The Balaban J connectivity index is 2.02. The lowest BCUT2D eigenvalue weighted by Gasteiger charge is -2.19. The molecule has 20 heavy (non-hydrogen) atoms. The molecule has 0 saturated carbocycles. The van der Waals surface area contributed by atoms with Crippen molar-refractivity contribution in [2.24, 2.45) is 0 Å². The molecule has 1 N–H and O–H groups in total. The maximum atomic E-state index is 5.08. The van der Waals surface area contributed by atoms with Gasteiger partial charge in [0.15, 0.2) is 0 Å². The molecule has 0 aliphatic carbocycles. The van der Waals surface area contributed by atoms with E-state index in [0.29, 0.717) is 5.92 Å². The molecule has 0 amide bonds. The fraction of sp³-hybridized carbons (Fsp3) is 0.333. The molecule has 2 nitrogen and oxygen atoms in total. The second-order valence-electron chi connectivity index (χ2n) is 4.92. The molecule has 2 heteroatoms. The van der Waals surface area contributed by atoms with Crippen LogP contribution in [0.3, 0.4) is 0 Å². The van der Waals surface area contributed by atoms with Crippen molar-refractivity contribution in [2.45, 2.75) is 12.3 Å². The Morgan fingerprint density at radius 3 is 1.95 bits per heavy atom. The molecule has 106 valence electrons. The lowest BCUT2D eigenvalue weighted by molar-refractivity contribution is 0.194. The van der Waals surface area contributed by atoms with Gasteiger partial charge in [-0.2, -0.15) is 0 Å². The van der Waals surface area contributed by atoms with Crippen LogP contribution in [0.2, 0.25) is 0 Å². The summed E-state index contributed by atoms with van der Waals surface area (Å²) in [6.07, 6.45) is 1.05. The highest BCUT2D eigenvalue weighted by Gasteiger charge is 2.12. The summed E-state index contributed by atoms with van der Waals surface area (Å²) in [4.78, 5) is 0. The van der Waals surface area contributed by atoms with Crippen molar-refractivity contribution in [3.63, 3.8) is 0 Å². The summed E-state index contributed by atoms with van der Waals surface area (Å²) in [5.74, 6) is 0.403. The molecule has 0 atom stereocenters. The van der Waals surface area contributed by atoms with Gasteiger partial charge < -0.3 is 10.1 Å². The van der Waals surface area contributed by atoms with Crippen LogP contribution in [0.4, 0.5) is 0 Å². The zero-order chi connectivity index (χ0) is 14.0. The number of nitrogens with one attached hydrogen (secondary N) is 1. The van der Waals surface area contributed by atoms with Crippen LogP contribution < -0.4 is 5.32 Å². The molecular weight excluding hydrogens is 246 g/mol. The van der Waals surface area contributed by atoms with E-state index in [1.165, 1.54) is 11.1 Å². The van der Waals surface area contributed by atoms with E-state index < -0.39 is 0 Å². The van der Waals surface area contributed by atoms with Crippen molar-refractivity contribution in [3.8, 4) is 0 Å². The number of hydrogen-bond acceptors (Lipinski definition) is 2. The van der Waals surface area contributed by atoms with Crippen molar-refractivity contribution in [1.82, 2.24) is 5.32 Å². The van der Waals surface area contributed by atoms with Gasteiger partial charge in [0.2, 0.25) is 0 Å². The first-order valence-corrected chi connectivity index (χ1v) is 7.21. The number of methoxy groups -OCH3 is 1. The van der Waals surface area contributed by atoms with Crippen molar-refractivity contribution >= 4 is 0 Å². The molecule has 0 spiro atoms. The Bertz CT molecular complexity index is 430. The van der Waals surface area contributed by atoms with Crippen LogP contribution >= 0.6 is 0 Å². The van der Waals surface area contributed by atoms with Crippen LogP contribution in [0.1, 0.15) is 23.5 Å². The van der Waals surface area contributed by atoms with E-state index in [4.69, 9.17) is 4.74 Å². The zero-order valence-electron chi connectivity index (χ0n) is 12.1. The second-order valence-corrected chi connectivity index (χ2v) is 4.92.